The Labute approximate surface area is 147 Å². The number of hydrogen-bond acceptors (Lipinski definition) is 4. The average Bonchev–Trinajstić information content (AvgIpc) is 2.59. The van der Waals surface area contributed by atoms with Crippen LogP contribution in [-0.4, -0.2) is 36.7 Å². The molecule has 0 spiro atoms. The molecule has 0 rings (SSSR count). The molecular weight excluding hydrogens is 306 g/mol. The topological polar surface area (TPSA) is 75.6 Å². The van der Waals surface area contributed by atoms with Gasteiger partial charge in [-0.1, -0.05) is 77.6 Å². The predicted molar refractivity (Wildman–Crippen MR) is 96.7 cm³/mol. The SMILES string of the molecule is CCCCCCCCCCCCCCC(=O)N[C@@H](CO)C(=O)OC. The summed E-state index contributed by atoms with van der Waals surface area (Å²) in [5.74, 6) is -0.813. The van der Waals surface area contributed by atoms with Gasteiger partial charge in [-0.3, -0.25) is 4.79 Å². The summed E-state index contributed by atoms with van der Waals surface area (Å²) >= 11 is 0. The fourth-order valence-corrected chi connectivity index (χ4v) is 2.71. The molecule has 1 amide bonds. The van der Waals surface area contributed by atoms with E-state index in [1.165, 1.54) is 64.9 Å². The van der Waals surface area contributed by atoms with Gasteiger partial charge in [0.15, 0.2) is 6.04 Å². The summed E-state index contributed by atoms with van der Waals surface area (Å²) in [5, 5.41) is 11.5. The Hall–Kier alpha value is -1.10. The summed E-state index contributed by atoms with van der Waals surface area (Å²) in [7, 11) is 1.24. The second kappa shape index (κ2) is 16.7. The third-order valence-electron chi connectivity index (χ3n) is 4.26. The first-order valence-corrected chi connectivity index (χ1v) is 9.63. The summed E-state index contributed by atoms with van der Waals surface area (Å²) < 4.78 is 4.51. The van der Waals surface area contributed by atoms with Crippen molar-refractivity contribution in [2.24, 2.45) is 0 Å². The number of methoxy groups -OCH3 is 1. The van der Waals surface area contributed by atoms with Gasteiger partial charge in [-0.2, -0.15) is 0 Å². The number of amides is 1. The Kier molecular flexibility index (Phi) is 16.0. The maximum absolute atomic E-state index is 11.7. The van der Waals surface area contributed by atoms with Crippen LogP contribution in [0, 0.1) is 0 Å². The highest BCUT2D eigenvalue weighted by atomic mass is 16.5. The van der Waals surface area contributed by atoms with Gasteiger partial charge in [0.2, 0.25) is 5.91 Å². The van der Waals surface area contributed by atoms with E-state index in [0.29, 0.717) is 6.42 Å². The highest BCUT2D eigenvalue weighted by molar-refractivity contribution is 5.84. The molecule has 142 valence electrons. The van der Waals surface area contributed by atoms with Gasteiger partial charge in [-0.05, 0) is 6.42 Å². The van der Waals surface area contributed by atoms with Crippen molar-refractivity contribution in [1.29, 1.82) is 0 Å². The first-order valence-electron chi connectivity index (χ1n) is 9.63. The van der Waals surface area contributed by atoms with E-state index in [9.17, 15) is 9.59 Å². The number of rotatable bonds is 16. The lowest BCUT2D eigenvalue weighted by atomic mass is 10.0. The fraction of sp³-hybridized carbons (Fsp3) is 0.895. The van der Waals surface area contributed by atoms with Crippen molar-refractivity contribution in [3.05, 3.63) is 0 Å². The standard InChI is InChI=1S/C19H37NO4/c1-3-4-5-6-7-8-9-10-11-12-13-14-15-18(22)20-17(16-21)19(23)24-2/h17,21H,3-16H2,1-2H3,(H,20,22)/t17-/m0/s1. The number of carbonyl (C=O) groups is 2. The van der Waals surface area contributed by atoms with Crippen molar-refractivity contribution in [3.8, 4) is 0 Å². The Balaban J connectivity index is 3.40. The van der Waals surface area contributed by atoms with Crippen LogP contribution >= 0.6 is 0 Å². The van der Waals surface area contributed by atoms with Gasteiger partial charge < -0.3 is 15.2 Å². The van der Waals surface area contributed by atoms with Crippen LogP contribution in [0.25, 0.3) is 0 Å². The molecule has 0 aromatic heterocycles. The average molecular weight is 344 g/mol. The van der Waals surface area contributed by atoms with E-state index in [1.54, 1.807) is 0 Å². The van der Waals surface area contributed by atoms with Crippen LogP contribution in [0.15, 0.2) is 0 Å². The monoisotopic (exact) mass is 343 g/mol. The van der Waals surface area contributed by atoms with Crippen molar-refractivity contribution >= 4 is 11.9 Å². The van der Waals surface area contributed by atoms with Crippen LogP contribution in [-0.2, 0) is 14.3 Å². The Morgan fingerprint density at radius 1 is 0.875 bits per heavy atom. The molecule has 0 saturated carbocycles. The summed E-state index contributed by atoms with van der Waals surface area (Å²) in [6.07, 6.45) is 15.4. The maximum Gasteiger partial charge on any atom is 0.330 e. The molecule has 0 aromatic carbocycles. The van der Waals surface area contributed by atoms with Crippen molar-refractivity contribution in [3.63, 3.8) is 0 Å². The smallest absolute Gasteiger partial charge is 0.330 e. The molecular formula is C19H37NO4. The molecule has 0 saturated heterocycles. The number of hydrogen-bond donors (Lipinski definition) is 2. The van der Waals surface area contributed by atoms with Gasteiger partial charge >= 0.3 is 5.97 Å². The van der Waals surface area contributed by atoms with Gasteiger partial charge in [-0.15, -0.1) is 0 Å². The van der Waals surface area contributed by atoms with Gasteiger partial charge in [0.1, 0.15) is 0 Å². The van der Waals surface area contributed by atoms with Crippen LogP contribution in [0.4, 0.5) is 0 Å². The molecule has 2 N–H and O–H groups in total. The molecule has 0 heterocycles. The molecule has 1 atom stereocenters. The second-order valence-corrected chi connectivity index (χ2v) is 6.46. The van der Waals surface area contributed by atoms with Crippen molar-refractivity contribution in [1.82, 2.24) is 5.32 Å². The number of nitrogens with one attached hydrogen (secondary N) is 1. The van der Waals surface area contributed by atoms with E-state index < -0.39 is 18.6 Å². The minimum absolute atomic E-state index is 0.202. The highest BCUT2D eigenvalue weighted by Gasteiger charge is 2.19. The molecule has 5 heteroatoms. The molecule has 0 aliphatic carbocycles. The van der Waals surface area contributed by atoms with E-state index in [2.05, 4.69) is 17.0 Å². The van der Waals surface area contributed by atoms with Crippen molar-refractivity contribution in [2.45, 2.75) is 96.4 Å². The number of unbranched alkanes of at least 4 members (excludes halogenated alkanes) is 11. The normalized spacial score (nSPS) is 12.0. The summed E-state index contributed by atoms with van der Waals surface area (Å²) in [6, 6.07) is -0.945. The van der Waals surface area contributed by atoms with Crippen molar-refractivity contribution in [2.75, 3.05) is 13.7 Å². The van der Waals surface area contributed by atoms with Gasteiger partial charge in [0.25, 0.3) is 0 Å². The van der Waals surface area contributed by atoms with Gasteiger partial charge in [0.05, 0.1) is 13.7 Å². The number of aliphatic hydroxyl groups is 1. The lowest BCUT2D eigenvalue weighted by Gasteiger charge is -2.13. The molecule has 0 aromatic rings. The zero-order chi connectivity index (χ0) is 18.0. The lowest BCUT2D eigenvalue weighted by Crippen LogP contribution is -2.43. The first kappa shape index (κ1) is 22.9. The third kappa shape index (κ3) is 13.3. The quantitative estimate of drug-likeness (QED) is 0.331. The Morgan fingerprint density at radius 2 is 1.33 bits per heavy atom. The lowest BCUT2D eigenvalue weighted by molar-refractivity contribution is -0.146. The molecule has 0 aliphatic heterocycles. The minimum Gasteiger partial charge on any atom is -0.467 e. The first-order chi connectivity index (χ1) is 11.7. The number of carbonyl (C=O) groups excluding carboxylic acids is 2. The predicted octanol–water partition coefficient (Wildman–Crippen LogP) is 3.73. The number of aliphatic hydroxyl groups excluding tert-OH is 1. The highest BCUT2D eigenvalue weighted by Crippen LogP contribution is 2.12. The number of ether oxygens (including phenoxy) is 1. The van der Waals surface area contributed by atoms with Crippen LogP contribution < -0.4 is 5.32 Å². The largest absolute Gasteiger partial charge is 0.467 e. The molecule has 0 unspecified atom stereocenters. The van der Waals surface area contributed by atoms with Crippen LogP contribution in [0.2, 0.25) is 0 Å². The molecule has 0 fully saturated rings. The molecule has 0 aliphatic rings. The Morgan fingerprint density at radius 3 is 1.75 bits per heavy atom. The third-order valence-corrected chi connectivity index (χ3v) is 4.26. The minimum atomic E-state index is -0.945. The molecule has 0 radical (unpaired) electrons. The molecule has 0 bridgehead atoms. The van der Waals surface area contributed by atoms with E-state index in [4.69, 9.17) is 5.11 Å². The zero-order valence-corrected chi connectivity index (χ0v) is 15.6. The molecule has 5 nitrogen and oxygen atoms in total. The van der Waals surface area contributed by atoms with Gasteiger partial charge in [-0.25, -0.2) is 4.79 Å². The summed E-state index contributed by atoms with van der Waals surface area (Å²) in [6.45, 7) is 1.81. The van der Waals surface area contributed by atoms with Crippen LogP contribution in [0.3, 0.4) is 0 Å². The van der Waals surface area contributed by atoms with Crippen molar-refractivity contribution < 1.29 is 19.4 Å². The van der Waals surface area contributed by atoms with Crippen LogP contribution in [0.5, 0.6) is 0 Å². The summed E-state index contributed by atoms with van der Waals surface area (Å²) in [5.41, 5.74) is 0. The number of esters is 1. The fourth-order valence-electron chi connectivity index (χ4n) is 2.71. The second-order valence-electron chi connectivity index (χ2n) is 6.46. The van der Waals surface area contributed by atoms with E-state index >= 15 is 0 Å². The molecule has 24 heavy (non-hydrogen) atoms. The summed E-state index contributed by atoms with van der Waals surface area (Å²) in [4.78, 5) is 22.9. The van der Waals surface area contributed by atoms with Crippen LogP contribution in [0.1, 0.15) is 90.4 Å². The van der Waals surface area contributed by atoms with E-state index in [1.807, 2.05) is 0 Å². The maximum atomic E-state index is 11.7. The zero-order valence-electron chi connectivity index (χ0n) is 15.6. The van der Waals surface area contributed by atoms with E-state index in [0.717, 1.165) is 19.3 Å². The van der Waals surface area contributed by atoms with Gasteiger partial charge in [0, 0.05) is 6.42 Å². The Bertz CT molecular complexity index is 320. The van der Waals surface area contributed by atoms with E-state index in [-0.39, 0.29) is 5.91 Å².